The number of hydrogen-bond acceptors (Lipinski definition) is 5. The molecule has 9 nitrogen and oxygen atoms in total. The molecule has 0 spiro atoms. The Labute approximate surface area is 166 Å². The maximum Gasteiger partial charge on any atom is 0.409 e. The highest BCUT2D eigenvalue weighted by Crippen LogP contribution is 2.18. The predicted molar refractivity (Wildman–Crippen MR) is 107 cm³/mol. The smallest absolute Gasteiger partial charge is 0.409 e. The fourth-order valence-corrected chi connectivity index (χ4v) is 3.84. The number of methoxy groups -OCH3 is 1. The lowest BCUT2D eigenvalue weighted by molar-refractivity contribution is 0.111. The van der Waals surface area contributed by atoms with E-state index in [1.807, 2.05) is 18.5 Å². The molecule has 1 aliphatic carbocycles. The summed E-state index contributed by atoms with van der Waals surface area (Å²) in [5.74, 6) is 2.57. The first-order valence-electron chi connectivity index (χ1n) is 10.3. The van der Waals surface area contributed by atoms with Crippen molar-refractivity contribution in [1.82, 2.24) is 30.3 Å². The molecule has 1 saturated heterocycles. The first-order valence-corrected chi connectivity index (χ1v) is 10.3. The van der Waals surface area contributed by atoms with Crippen LogP contribution < -0.4 is 10.6 Å². The van der Waals surface area contributed by atoms with Gasteiger partial charge in [0.05, 0.1) is 7.11 Å². The van der Waals surface area contributed by atoms with Crippen molar-refractivity contribution < 1.29 is 9.53 Å². The molecule has 1 aromatic rings. The number of hydrogen-bond donors (Lipinski definition) is 2. The summed E-state index contributed by atoms with van der Waals surface area (Å²) in [5, 5.41) is 15.5. The van der Waals surface area contributed by atoms with Gasteiger partial charge in [-0.1, -0.05) is 19.3 Å². The Morgan fingerprint density at radius 1 is 1.11 bits per heavy atom. The zero-order valence-corrected chi connectivity index (χ0v) is 17.3. The van der Waals surface area contributed by atoms with Crippen LogP contribution in [0.1, 0.15) is 56.6 Å². The number of ether oxygens (including phenoxy) is 1. The molecule has 28 heavy (non-hydrogen) atoms. The average Bonchev–Trinajstić information content (AvgIpc) is 3.05. The Hall–Kier alpha value is -2.32. The van der Waals surface area contributed by atoms with E-state index in [0.29, 0.717) is 25.7 Å². The van der Waals surface area contributed by atoms with E-state index in [9.17, 15) is 4.79 Å². The topological polar surface area (TPSA) is 96.7 Å². The van der Waals surface area contributed by atoms with E-state index in [1.54, 1.807) is 4.90 Å². The Kier molecular flexibility index (Phi) is 7.11. The van der Waals surface area contributed by atoms with Crippen molar-refractivity contribution in [1.29, 1.82) is 0 Å². The number of rotatable bonds is 4. The van der Waals surface area contributed by atoms with Gasteiger partial charge in [-0.3, -0.25) is 0 Å². The number of guanidine groups is 1. The number of carbonyl (C=O) groups excluding carboxylic acids is 1. The van der Waals surface area contributed by atoms with Crippen molar-refractivity contribution in [3.05, 3.63) is 11.6 Å². The molecule has 2 fully saturated rings. The van der Waals surface area contributed by atoms with Gasteiger partial charge in [-0.15, -0.1) is 10.2 Å². The van der Waals surface area contributed by atoms with Crippen LogP contribution in [0.3, 0.4) is 0 Å². The van der Waals surface area contributed by atoms with Crippen molar-refractivity contribution in [2.75, 3.05) is 20.2 Å². The van der Waals surface area contributed by atoms with Crippen molar-refractivity contribution in [3.63, 3.8) is 0 Å². The summed E-state index contributed by atoms with van der Waals surface area (Å²) in [4.78, 5) is 18.2. The second-order valence-electron chi connectivity index (χ2n) is 7.74. The van der Waals surface area contributed by atoms with Gasteiger partial charge < -0.3 is 24.8 Å². The van der Waals surface area contributed by atoms with Gasteiger partial charge in [-0.2, -0.15) is 0 Å². The second-order valence-corrected chi connectivity index (χ2v) is 7.74. The van der Waals surface area contributed by atoms with E-state index < -0.39 is 0 Å². The van der Waals surface area contributed by atoms with Gasteiger partial charge in [0.15, 0.2) is 11.8 Å². The first kappa shape index (κ1) is 20.4. The molecule has 2 N–H and O–H groups in total. The molecular formula is C19H33N7O2. The van der Waals surface area contributed by atoms with E-state index in [4.69, 9.17) is 9.73 Å². The number of aromatic nitrogens is 3. The van der Waals surface area contributed by atoms with Gasteiger partial charge >= 0.3 is 6.09 Å². The number of carbonyl (C=O) groups is 1. The van der Waals surface area contributed by atoms with Crippen LogP contribution in [0.15, 0.2) is 4.99 Å². The molecule has 0 bridgehead atoms. The monoisotopic (exact) mass is 391 g/mol. The average molecular weight is 392 g/mol. The number of nitrogens with one attached hydrogen (secondary N) is 2. The molecular weight excluding hydrogens is 358 g/mol. The van der Waals surface area contributed by atoms with Crippen LogP contribution in [-0.4, -0.2) is 64.0 Å². The zero-order valence-electron chi connectivity index (χ0n) is 17.3. The highest BCUT2D eigenvalue weighted by molar-refractivity contribution is 5.80. The van der Waals surface area contributed by atoms with Crippen molar-refractivity contribution in [2.45, 2.75) is 70.5 Å². The maximum absolute atomic E-state index is 11.7. The fourth-order valence-electron chi connectivity index (χ4n) is 3.84. The lowest BCUT2D eigenvalue weighted by Gasteiger charge is -2.33. The molecule has 9 heteroatoms. The van der Waals surface area contributed by atoms with E-state index in [-0.39, 0.29) is 12.1 Å². The second kappa shape index (κ2) is 9.75. The minimum Gasteiger partial charge on any atom is -0.453 e. The van der Waals surface area contributed by atoms with Crippen molar-refractivity contribution in [3.8, 4) is 0 Å². The third kappa shape index (κ3) is 5.36. The van der Waals surface area contributed by atoms with Crippen LogP contribution in [0, 0.1) is 6.92 Å². The Bertz CT molecular complexity index is 674. The summed E-state index contributed by atoms with van der Waals surface area (Å²) < 4.78 is 6.79. The van der Waals surface area contributed by atoms with E-state index >= 15 is 0 Å². The highest BCUT2D eigenvalue weighted by atomic mass is 16.5. The SMILES string of the molecule is COC(=O)N1CCC(NC(=NCc2nnc(C)n2C)NC2CCCCC2)CC1. The van der Waals surface area contributed by atoms with Crippen LogP contribution in [0.25, 0.3) is 0 Å². The van der Waals surface area contributed by atoms with E-state index in [1.165, 1.54) is 39.2 Å². The van der Waals surface area contributed by atoms with Crippen LogP contribution in [0.5, 0.6) is 0 Å². The molecule has 1 saturated carbocycles. The van der Waals surface area contributed by atoms with Gasteiger partial charge in [-0.05, 0) is 32.6 Å². The molecule has 0 aromatic carbocycles. The summed E-state index contributed by atoms with van der Waals surface area (Å²) in [6.45, 7) is 3.82. The van der Waals surface area contributed by atoms with Crippen LogP contribution in [0.4, 0.5) is 4.79 Å². The van der Waals surface area contributed by atoms with Gasteiger partial charge in [-0.25, -0.2) is 9.79 Å². The summed E-state index contributed by atoms with van der Waals surface area (Å²) in [6.07, 6.45) is 7.74. The largest absolute Gasteiger partial charge is 0.453 e. The Morgan fingerprint density at radius 3 is 2.32 bits per heavy atom. The van der Waals surface area contributed by atoms with E-state index in [0.717, 1.165) is 30.5 Å². The molecule has 1 aromatic heterocycles. The highest BCUT2D eigenvalue weighted by Gasteiger charge is 2.24. The van der Waals surface area contributed by atoms with Crippen LogP contribution in [0.2, 0.25) is 0 Å². The summed E-state index contributed by atoms with van der Waals surface area (Å²) in [6, 6.07) is 0.758. The number of amides is 1. The molecule has 0 unspecified atom stereocenters. The minimum absolute atomic E-state index is 0.245. The van der Waals surface area contributed by atoms with Crippen molar-refractivity contribution in [2.24, 2.45) is 12.0 Å². The lowest BCUT2D eigenvalue weighted by atomic mass is 9.96. The third-order valence-corrected chi connectivity index (χ3v) is 5.78. The molecule has 2 aliphatic rings. The summed E-state index contributed by atoms with van der Waals surface area (Å²) in [5.41, 5.74) is 0. The van der Waals surface area contributed by atoms with Gasteiger partial charge in [0.25, 0.3) is 0 Å². The molecule has 1 amide bonds. The van der Waals surface area contributed by atoms with Gasteiger partial charge in [0.1, 0.15) is 12.4 Å². The predicted octanol–water partition coefficient (Wildman–Crippen LogP) is 1.72. The minimum atomic E-state index is -0.245. The summed E-state index contributed by atoms with van der Waals surface area (Å²) in [7, 11) is 3.39. The maximum atomic E-state index is 11.7. The molecule has 0 atom stereocenters. The van der Waals surface area contributed by atoms with E-state index in [2.05, 4.69) is 20.8 Å². The molecule has 1 aliphatic heterocycles. The number of aliphatic imine (C=N–C) groups is 1. The quantitative estimate of drug-likeness (QED) is 0.599. The molecule has 0 radical (unpaired) electrons. The first-order chi connectivity index (χ1) is 13.6. The van der Waals surface area contributed by atoms with Crippen LogP contribution in [-0.2, 0) is 18.3 Å². The van der Waals surface area contributed by atoms with Crippen molar-refractivity contribution >= 4 is 12.1 Å². The summed E-state index contributed by atoms with van der Waals surface area (Å²) >= 11 is 0. The molecule has 156 valence electrons. The number of nitrogens with zero attached hydrogens (tertiary/aromatic N) is 5. The van der Waals surface area contributed by atoms with Crippen LogP contribution >= 0.6 is 0 Å². The third-order valence-electron chi connectivity index (χ3n) is 5.78. The Morgan fingerprint density at radius 2 is 1.75 bits per heavy atom. The molecule has 3 rings (SSSR count). The zero-order chi connectivity index (χ0) is 19.9. The lowest BCUT2D eigenvalue weighted by Crippen LogP contribution is -2.52. The van der Waals surface area contributed by atoms with Gasteiger partial charge in [0.2, 0.25) is 0 Å². The Balaban J connectivity index is 1.61. The molecule has 2 heterocycles. The number of piperidine rings is 1. The number of aryl methyl sites for hydroxylation is 1. The van der Waals surface area contributed by atoms with Gasteiger partial charge in [0, 0.05) is 32.2 Å². The normalized spacial score (nSPS) is 19.5. The standard InChI is InChI=1S/C19H33N7O2/c1-14-23-24-17(25(14)2)13-20-18(21-15-7-5-4-6-8-15)22-16-9-11-26(12-10-16)19(27)28-3/h15-16H,4-13H2,1-3H3,(H2,20,21,22). The fraction of sp³-hybridized carbons (Fsp3) is 0.789. The number of likely N-dealkylation sites (tertiary alicyclic amines) is 1.